The summed E-state index contributed by atoms with van der Waals surface area (Å²) in [6.07, 6.45) is 1.33. The van der Waals surface area contributed by atoms with Crippen LogP contribution in [0.3, 0.4) is 0 Å². The third-order valence-electron chi connectivity index (χ3n) is 4.29. The first-order chi connectivity index (χ1) is 15.0. The van der Waals surface area contributed by atoms with Gasteiger partial charge in [-0.15, -0.1) is 0 Å². The molecule has 0 bridgehead atoms. The molecule has 31 heavy (non-hydrogen) atoms. The van der Waals surface area contributed by atoms with Gasteiger partial charge in [-0.05, 0) is 48.0 Å². The number of hydrogen-bond donors (Lipinski definition) is 2. The SMILES string of the molecule is COc1ccc(C(=O)Nc2ccccc2C(=O)NN=Cc2cccc(F)c2)cc1OC. The minimum absolute atomic E-state index is 0.215. The number of halogens is 1. The molecule has 8 heteroatoms. The van der Waals surface area contributed by atoms with Crippen LogP contribution in [0.2, 0.25) is 0 Å². The lowest BCUT2D eigenvalue weighted by atomic mass is 10.1. The molecule has 0 unspecified atom stereocenters. The van der Waals surface area contributed by atoms with Crippen LogP contribution in [0.1, 0.15) is 26.3 Å². The summed E-state index contributed by atoms with van der Waals surface area (Å²) < 4.78 is 23.6. The Morgan fingerprint density at radius 2 is 1.68 bits per heavy atom. The highest BCUT2D eigenvalue weighted by molar-refractivity contribution is 6.09. The van der Waals surface area contributed by atoms with Gasteiger partial charge < -0.3 is 14.8 Å². The maximum atomic E-state index is 13.2. The average molecular weight is 421 g/mol. The number of rotatable bonds is 7. The average Bonchev–Trinajstić information content (AvgIpc) is 2.78. The fourth-order valence-electron chi connectivity index (χ4n) is 2.77. The number of para-hydroxylation sites is 1. The number of anilines is 1. The lowest BCUT2D eigenvalue weighted by molar-refractivity contribution is 0.0956. The Morgan fingerprint density at radius 3 is 2.42 bits per heavy atom. The van der Waals surface area contributed by atoms with E-state index in [9.17, 15) is 14.0 Å². The number of carbonyl (C=O) groups excluding carboxylic acids is 2. The third kappa shape index (κ3) is 5.45. The molecule has 0 aliphatic heterocycles. The third-order valence-corrected chi connectivity index (χ3v) is 4.29. The summed E-state index contributed by atoms with van der Waals surface area (Å²) in [5.41, 5.74) is 3.72. The maximum Gasteiger partial charge on any atom is 0.273 e. The predicted molar refractivity (Wildman–Crippen MR) is 115 cm³/mol. The second-order valence-electron chi connectivity index (χ2n) is 6.32. The second kappa shape index (κ2) is 10.0. The van der Waals surface area contributed by atoms with Crippen molar-refractivity contribution >= 4 is 23.7 Å². The molecule has 0 saturated carbocycles. The zero-order chi connectivity index (χ0) is 22.2. The molecular formula is C23H20FN3O4. The molecule has 0 heterocycles. The predicted octanol–water partition coefficient (Wildman–Crippen LogP) is 3.86. The summed E-state index contributed by atoms with van der Waals surface area (Å²) >= 11 is 0. The zero-order valence-electron chi connectivity index (χ0n) is 16.9. The second-order valence-corrected chi connectivity index (χ2v) is 6.32. The largest absolute Gasteiger partial charge is 0.493 e. The van der Waals surface area contributed by atoms with E-state index in [1.54, 1.807) is 48.5 Å². The number of ether oxygens (including phenoxy) is 2. The molecule has 0 aromatic heterocycles. The monoisotopic (exact) mass is 421 g/mol. The first-order valence-corrected chi connectivity index (χ1v) is 9.23. The van der Waals surface area contributed by atoms with Crippen LogP contribution in [0, 0.1) is 5.82 Å². The molecule has 0 saturated heterocycles. The van der Waals surface area contributed by atoms with Crippen molar-refractivity contribution in [2.75, 3.05) is 19.5 Å². The van der Waals surface area contributed by atoms with Gasteiger partial charge in [0, 0.05) is 5.56 Å². The van der Waals surface area contributed by atoms with Crippen molar-refractivity contribution in [1.82, 2.24) is 5.43 Å². The smallest absolute Gasteiger partial charge is 0.273 e. The van der Waals surface area contributed by atoms with Gasteiger partial charge in [0.15, 0.2) is 11.5 Å². The number of hydrazone groups is 1. The van der Waals surface area contributed by atoms with Crippen LogP contribution in [0.5, 0.6) is 11.5 Å². The number of hydrogen-bond acceptors (Lipinski definition) is 5. The molecule has 0 aliphatic carbocycles. The van der Waals surface area contributed by atoms with Crippen molar-refractivity contribution in [1.29, 1.82) is 0 Å². The number of methoxy groups -OCH3 is 2. The van der Waals surface area contributed by atoms with E-state index in [1.807, 2.05) is 0 Å². The van der Waals surface area contributed by atoms with E-state index >= 15 is 0 Å². The van der Waals surface area contributed by atoms with Crippen molar-refractivity contribution in [2.45, 2.75) is 0 Å². The fraction of sp³-hybridized carbons (Fsp3) is 0.0870. The highest BCUT2D eigenvalue weighted by atomic mass is 19.1. The molecule has 2 N–H and O–H groups in total. The molecule has 0 spiro atoms. The van der Waals surface area contributed by atoms with E-state index < -0.39 is 17.6 Å². The molecule has 0 atom stereocenters. The molecule has 3 aromatic rings. The normalized spacial score (nSPS) is 10.5. The molecule has 3 rings (SSSR count). The summed E-state index contributed by atoms with van der Waals surface area (Å²) in [6, 6.07) is 17.0. The summed E-state index contributed by atoms with van der Waals surface area (Å²) in [4.78, 5) is 25.2. The van der Waals surface area contributed by atoms with Crippen LogP contribution < -0.4 is 20.2 Å². The van der Waals surface area contributed by atoms with Crippen LogP contribution in [0.25, 0.3) is 0 Å². The van der Waals surface area contributed by atoms with Gasteiger partial charge in [-0.3, -0.25) is 9.59 Å². The number of carbonyl (C=O) groups is 2. The van der Waals surface area contributed by atoms with E-state index in [0.29, 0.717) is 28.3 Å². The van der Waals surface area contributed by atoms with Crippen molar-refractivity contribution in [3.63, 3.8) is 0 Å². The summed E-state index contributed by atoms with van der Waals surface area (Å²) in [7, 11) is 2.98. The lowest BCUT2D eigenvalue weighted by Gasteiger charge is -2.12. The van der Waals surface area contributed by atoms with Crippen LogP contribution in [-0.4, -0.2) is 32.2 Å². The molecule has 2 amide bonds. The van der Waals surface area contributed by atoms with Crippen molar-refractivity contribution in [3.05, 3.63) is 89.2 Å². The van der Waals surface area contributed by atoms with Crippen LogP contribution in [-0.2, 0) is 0 Å². The Bertz CT molecular complexity index is 1130. The van der Waals surface area contributed by atoms with E-state index in [0.717, 1.165) is 0 Å². The number of nitrogens with zero attached hydrogens (tertiary/aromatic N) is 1. The molecular weight excluding hydrogens is 401 g/mol. The number of nitrogens with one attached hydrogen (secondary N) is 2. The minimum atomic E-state index is -0.532. The molecule has 7 nitrogen and oxygen atoms in total. The molecule has 3 aromatic carbocycles. The molecule has 0 radical (unpaired) electrons. The van der Waals surface area contributed by atoms with Crippen LogP contribution in [0.4, 0.5) is 10.1 Å². The van der Waals surface area contributed by atoms with E-state index in [1.165, 1.54) is 38.6 Å². The van der Waals surface area contributed by atoms with Crippen molar-refractivity contribution in [3.8, 4) is 11.5 Å². The van der Waals surface area contributed by atoms with E-state index in [-0.39, 0.29) is 5.56 Å². The highest BCUT2D eigenvalue weighted by Gasteiger charge is 2.15. The van der Waals surface area contributed by atoms with E-state index in [4.69, 9.17) is 9.47 Å². The standard InChI is InChI=1S/C23H20FN3O4/c1-30-20-11-10-16(13-21(20)31-2)22(28)26-19-9-4-3-8-18(19)23(29)27-25-14-15-6-5-7-17(24)12-15/h3-14H,1-2H3,(H,26,28)(H,27,29). The Balaban J connectivity index is 1.74. The quantitative estimate of drug-likeness (QED) is 0.448. The maximum absolute atomic E-state index is 13.2. The van der Waals surface area contributed by atoms with Crippen LogP contribution in [0.15, 0.2) is 71.8 Å². The molecule has 158 valence electrons. The Kier molecular flexibility index (Phi) is 6.95. The Hall–Kier alpha value is -4.20. The molecule has 0 aliphatic rings. The van der Waals surface area contributed by atoms with Gasteiger partial charge in [0.2, 0.25) is 0 Å². The first kappa shape index (κ1) is 21.5. The van der Waals surface area contributed by atoms with Gasteiger partial charge in [0.1, 0.15) is 5.82 Å². The minimum Gasteiger partial charge on any atom is -0.493 e. The Morgan fingerprint density at radius 1 is 0.903 bits per heavy atom. The topological polar surface area (TPSA) is 89.0 Å². The van der Waals surface area contributed by atoms with Crippen molar-refractivity contribution < 1.29 is 23.5 Å². The number of benzene rings is 3. The van der Waals surface area contributed by atoms with Gasteiger partial charge in [0.25, 0.3) is 11.8 Å². The van der Waals surface area contributed by atoms with Gasteiger partial charge in [0.05, 0.1) is 31.7 Å². The highest BCUT2D eigenvalue weighted by Crippen LogP contribution is 2.28. The Labute approximate surface area is 178 Å². The van der Waals surface area contributed by atoms with Crippen LogP contribution >= 0.6 is 0 Å². The summed E-state index contributed by atoms with van der Waals surface area (Å²) in [5, 5.41) is 6.56. The van der Waals surface area contributed by atoms with Gasteiger partial charge >= 0.3 is 0 Å². The zero-order valence-corrected chi connectivity index (χ0v) is 16.9. The summed E-state index contributed by atoms with van der Waals surface area (Å²) in [5.74, 6) is -0.457. The van der Waals surface area contributed by atoms with E-state index in [2.05, 4.69) is 15.8 Å². The summed E-state index contributed by atoms with van der Waals surface area (Å²) in [6.45, 7) is 0. The first-order valence-electron chi connectivity index (χ1n) is 9.23. The van der Waals surface area contributed by atoms with Crippen molar-refractivity contribution in [2.24, 2.45) is 5.10 Å². The lowest BCUT2D eigenvalue weighted by Crippen LogP contribution is -2.21. The molecule has 0 fully saturated rings. The number of amides is 2. The van der Waals surface area contributed by atoms with Gasteiger partial charge in [-0.1, -0.05) is 24.3 Å². The van der Waals surface area contributed by atoms with Gasteiger partial charge in [-0.25, -0.2) is 9.82 Å². The fourth-order valence-corrected chi connectivity index (χ4v) is 2.77. The van der Waals surface area contributed by atoms with Gasteiger partial charge in [-0.2, -0.15) is 5.10 Å².